The van der Waals surface area contributed by atoms with Crippen LogP contribution in [0.2, 0.25) is 0 Å². The molecule has 0 N–H and O–H groups in total. The van der Waals surface area contributed by atoms with Gasteiger partial charge < -0.3 is 0 Å². The number of hydrogen-bond acceptors (Lipinski definition) is 1. The monoisotopic (exact) mass is 201 g/mol. The van der Waals surface area contributed by atoms with Crippen molar-refractivity contribution in [3.8, 4) is 0 Å². The molecule has 1 fully saturated rings. The van der Waals surface area contributed by atoms with Crippen LogP contribution < -0.4 is 0 Å². The maximum absolute atomic E-state index is 13.7. The Morgan fingerprint density at radius 2 is 2.00 bits per heavy atom. The Bertz CT molecular complexity index is 196. The van der Waals surface area contributed by atoms with Crippen molar-refractivity contribution < 1.29 is 4.39 Å². The zero-order chi connectivity index (χ0) is 11.0. The minimum absolute atomic E-state index is 0.151. The Kier molecular flexibility index (Phi) is 3.25. The topological polar surface area (TPSA) is 3.24 Å². The third-order valence-electron chi connectivity index (χ3n) is 3.19. The fourth-order valence-corrected chi connectivity index (χ4v) is 2.57. The van der Waals surface area contributed by atoms with Gasteiger partial charge in [-0.15, -0.1) is 0 Å². The molecular formula is C12H24FN. The van der Waals surface area contributed by atoms with Crippen LogP contribution in [0.3, 0.4) is 0 Å². The predicted octanol–water partition coefficient (Wildman–Crippen LogP) is 3.25. The third kappa shape index (κ3) is 2.94. The summed E-state index contributed by atoms with van der Waals surface area (Å²) in [7, 11) is 0. The smallest absolute Gasteiger partial charge is 0.122 e. The molecule has 2 heteroatoms. The standard InChI is InChI=1S/C12H24FN/c1-10(2)8-11(3,4)14-7-6-12(5,13)9-14/h10H,6-9H2,1-5H3. The van der Waals surface area contributed by atoms with E-state index in [2.05, 4.69) is 32.6 Å². The van der Waals surface area contributed by atoms with Crippen LogP contribution in [0.4, 0.5) is 4.39 Å². The molecule has 1 aliphatic heterocycles. The van der Waals surface area contributed by atoms with Crippen LogP contribution in [0.15, 0.2) is 0 Å². The van der Waals surface area contributed by atoms with E-state index in [1.807, 2.05) is 0 Å². The Balaban J connectivity index is 2.57. The molecule has 0 aliphatic carbocycles. The van der Waals surface area contributed by atoms with Gasteiger partial charge >= 0.3 is 0 Å². The minimum atomic E-state index is -0.964. The summed E-state index contributed by atoms with van der Waals surface area (Å²) >= 11 is 0. The van der Waals surface area contributed by atoms with Crippen molar-refractivity contribution in [1.29, 1.82) is 0 Å². The molecule has 0 radical (unpaired) electrons. The zero-order valence-corrected chi connectivity index (χ0v) is 10.2. The van der Waals surface area contributed by atoms with E-state index in [1.165, 1.54) is 0 Å². The highest BCUT2D eigenvalue weighted by Crippen LogP contribution is 2.33. The molecule has 0 bridgehead atoms. The van der Waals surface area contributed by atoms with Gasteiger partial charge in [0.2, 0.25) is 0 Å². The average molecular weight is 201 g/mol. The highest BCUT2D eigenvalue weighted by atomic mass is 19.1. The molecule has 1 aliphatic rings. The molecule has 1 unspecified atom stereocenters. The van der Waals surface area contributed by atoms with Gasteiger partial charge in [-0.2, -0.15) is 0 Å². The molecule has 1 rings (SSSR count). The van der Waals surface area contributed by atoms with Gasteiger partial charge in [-0.05, 0) is 39.5 Å². The van der Waals surface area contributed by atoms with Gasteiger partial charge in [-0.1, -0.05) is 13.8 Å². The van der Waals surface area contributed by atoms with E-state index >= 15 is 0 Å². The molecule has 0 amide bonds. The molecule has 1 nitrogen and oxygen atoms in total. The first-order valence-electron chi connectivity index (χ1n) is 5.67. The van der Waals surface area contributed by atoms with Gasteiger partial charge in [0.1, 0.15) is 5.67 Å². The average Bonchev–Trinajstić information content (AvgIpc) is 2.27. The molecule has 0 aromatic heterocycles. The van der Waals surface area contributed by atoms with Gasteiger partial charge in [0.05, 0.1) is 0 Å². The Morgan fingerprint density at radius 1 is 1.43 bits per heavy atom. The van der Waals surface area contributed by atoms with Gasteiger partial charge in [-0.25, -0.2) is 4.39 Å². The quantitative estimate of drug-likeness (QED) is 0.677. The lowest BCUT2D eigenvalue weighted by atomic mass is 9.91. The summed E-state index contributed by atoms with van der Waals surface area (Å²) in [6.45, 7) is 12.2. The normalized spacial score (nSPS) is 30.2. The van der Waals surface area contributed by atoms with Crippen LogP contribution in [-0.2, 0) is 0 Å². The highest BCUT2D eigenvalue weighted by Gasteiger charge is 2.40. The second-order valence-corrected chi connectivity index (χ2v) is 6.00. The number of halogens is 1. The van der Waals surface area contributed by atoms with Crippen LogP contribution >= 0.6 is 0 Å². The minimum Gasteiger partial charge on any atom is -0.295 e. The largest absolute Gasteiger partial charge is 0.295 e. The van der Waals surface area contributed by atoms with E-state index in [4.69, 9.17) is 0 Å². The van der Waals surface area contributed by atoms with Gasteiger partial charge in [-0.3, -0.25) is 4.90 Å². The first kappa shape index (κ1) is 12.0. The van der Waals surface area contributed by atoms with E-state index in [0.29, 0.717) is 18.9 Å². The molecule has 0 saturated carbocycles. The molecule has 1 saturated heterocycles. The van der Waals surface area contributed by atoms with Crippen molar-refractivity contribution in [2.45, 2.75) is 58.7 Å². The van der Waals surface area contributed by atoms with E-state index in [1.54, 1.807) is 6.92 Å². The van der Waals surface area contributed by atoms with Crippen molar-refractivity contribution in [3.63, 3.8) is 0 Å². The molecule has 0 aromatic carbocycles. The molecule has 1 heterocycles. The van der Waals surface area contributed by atoms with Crippen LogP contribution in [0.1, 0.15) is 47.5 Å². The summed E-state index contributed by atoms with van der Waals surface area (Å²) in [6, 6.07) is 0. The summed E-state index contributed by atoms with van der Waals surface area (Å²) in [6.07, 6.45) is 1.83. The zero-order valence-electron chi connectivity index (χ0n) is 10.2. The third-order valence-corrected chi connectivity index (χ3v) is 3.19. The van der Waals surface area contributed by atoms with E-state index in [9.17, 15) is 4.39 Å². The lowest BCUT2D eigenvalue weighted by Crippen LogP contribution is -2.44. The molecule has 0 aromatic rings. The summed E-state index contributed by atoms with van der Waals surface area (Å²) in [5.74, 6) is 0.677. The highest BCUT2D eigenvalue weighted by molar-refractivity contribution is 4.94. The van der Waals surface area contributed by atoms with E-state index in [-0.39, 0.29) is 5.54 Å². The molecule has 84 valence electrons. The Labute approximate surface area is 87.7 Å². The number of rotatable bonds is 3. The first-order chi connectivity index (χ1) is 6.23. The van der Waals surface area contributed by atoms with Crippen molar-refractivity contribution in [1.82, 2.24) is 4.90 Å². The number of hydrogen-bond donors (Lipinski definition) is 0. The second-order valence-electron chi connectivity index (χ2n) is 6.00. The summed E-state index contributed by atoms with van der Waals surface area (Å²) in [4.78, 5) is 2.30. The van der Waals surface area contributed by atoms with Crippen LogP contribution in [0, 0.1) is 5.92 Å². The van der Waals surface area contributed by atoms with E-state index in [0.717, 1.165) is 13.0 Å². The number of nitrogens with zero attached hydrogens (tertiary/aromatic N) is 1. The Hall–Kier alpha value is -0.110. The van der Waals surface area contributed by atoms with Gasteiger partial charge in [0, 0.05) is 18.6 Å². The van der Waals surface area contributed by atoms with Crippen LogP contribution in [-0.4, -0.2) is 29.2 Å². The molecule has 1 atom stereocenters. The lowest BCUT2D eigenvalue weighted by Gasteiger charge is -2.37. The van der Waals surface area contributed by atoms with Crippen molar-refractivity contribution in [3.05, 3.63) is 0 Å². The van der Waals surface area contributed by atoms with E-state index < -0.39 is 5.67 Å². The molecular weight excluding hydrogens is 177 g/mol. The maximum atomic E-state index is 13.7. The second kappa shape index (κ2) is 3.80. The summed E-state index contributed by atoms with van der Waals surface area (Å²) in [5.41, 5.74) is -0.813. The fourth-order valence-electron chi connectivity index (χ4n) is 2.57. The number of alkyl halides is 1. The SMILES string of the molecule is CC(C)CC(C)(C)N1CCC(C)(F)C1. The van der Waals surface area contributed by atoms with Crippen molar-refractivity contribution in [2.75, 3.05) is 13.1 Å². The molecule has 0 spiro atoms. The van der Waals surface area contributed by atoms with Crippen molar-refractivity contribution in [2.24, 2.45) is 5.92 Å². The van der Waals surface area contributed by atoms with Gasteiger partial charge in [0.25, 0.3) is 0 Å². The summed E-state index contributed by atoms with van der Waals surface area (Å²) < 4.78 is 13.7. The fraction of sp³-hybridized carbons (Fsp3) is 1.00. The number of likely N-dealkylation sites (tertiary alicyclic amines) is 1. The van der Waals surface area contributed by atoms with Crippen LogP contribution in [0.5, 0.6) is 0 Å². The maximum Gasteiger partial charge on any atom is 0.122 e. The lowest BCUT2D eigenvalue weighted by molar-refractivity contribution is 0.0993. The van der Waals surface area contributed by atoms with Gasteiger partial charge in [0.15, 0.2) is 0 Å². The van der Waals surface area contributed by atoms with Crippen molar-refractivity contribution >= 4 is 0 Å². The van der Waals surface area contributed by atoms with Crippen LogP contribution in [0.25, 0.3) is 0 Å². The predicted molar refractivity (Wildman–Crippen MR) is 59.2 cm³/mol. The molecule has 14 heavy (non-hydrogen) atoms. The Morgan fingerprint density at radius 3 is 2.36 bits per heavy atom. The summed E-state index contributed by atoms with van der Waals surface area (Å²) in [5, 5.41) is 0. The first-order valence-corrected chi connectivity index (χ1v) is 5.67.